The van der Waals surface area contributed by atoms with Crippen LogP contribution in [-0.4, -0.2) is 142 Å². The number of para-hydroxylation sites is 5. The topological polar surface area (TPSA) is 365 Å². The molecule has 8 atom stereocenters. The average molecular weight is 1600 g/mol. The van der Waals surface area contributed by atoms with Crippen LogP contribution in [0.4, 0.5) is 47.1 Å². The molecule has 0 spiro atoms. The van der Waals surface area contributed by atoms with Gasteiger partial charge in [0.15, 0.2) is 11.5 Å². The van der Waals surface area contributed by atoms with Crippen LogP contribution in [0.15, 0.2) is 120 Å². The standard InChI is InChI=1S/C25H31N5O.C24H30N6O.C23H28N6O.C19H27N7.4H2/c1-5-18-16-27-24(29-23(18)28-20-10-11-22(31)25(3,4)15-20)26-12-13-30-17(2)14-19-8-6-7-9-21(19)30;1-5-17-15-26-23(29-22(17)28-18-10-11-21(31)24(3,4)14-18)25-12-13-30-16(2)27-19-8-6-7-9-20(19)30;1-15-8-9-17(12-23(15,2)3)27-21-16(13-24)14-26-22(29-21)25-11-10-20-28-18-6-4-5-7-19(18)30-20;1-13-4-5-16(8-19(13,2)3)25-17-15(9-20)12-22-18(26-17)21-7-6-14-10-23-24-11-14;;;;/h1,6-9,14,16,20,22,31H,10-13,15H2,2-4H3,(H2,26,27,28,29);1,6-9,15,18,21,31H,10-14H2,2-4H3,(H2,25,26,28,29);4-7,14-15,17H,8-12H2,1-3H3,(H2,25,26,27,29);10-13,16H,4-8H2,1-3H3,(H,23,24)(H2,21,22,25,26);4*1H/t20-,22+;18-,21+;15-,17+;13-,16+;;;;/m1100..../s1. The highest BCUT2D eigenvalue weighted by atomic mass is 16.3. The van der Waals surface area contributed by atoms with Crippen LogP contribution in [-0.2, 0) is 25.9 Å². The highest BCUT2D eigenvalue weighted by molar-refractivity contribution is 5.81. The number of oxazole rings is 1. The normalized spacial score (nSPS) is 20.7. The second-order valence-electron chi connectivity index (χ2n) is 34.8. The Bertz CT molecular complexity index is 5180. The van der Waals surface area contributed by atoms with Crippen LogP contribution in [0.1, 0.15) is 197 Å². The van der Waals surface area contributed by atoms with Gasteiger partial charge < -0.3 is 66.3 Å². The molecule has 27 nitrogen and oxygen atoms in total. The molecule has 0 aliphatic heterocycles. The van der Waals surface area contributed by atoms with Gasteiger partial charge in [-0.15, -0.1) is 12.8 Å². The molecule has 118 heavy (non-hydrogen) atoms. The summed E-state index contributed by atoms with van der Waals surface area (Å²) in [6, 6.07) is 32.0. The fourth-order valence-electron chi connectivity index (χ4n) is 16.5. The molecule has 4 saturated carbocycles. The second kappa shape index (κ2) is 38.4. The molecule has 4 aliphatic carbocycles. The maximum absolute atomic E-state index is 10.2. The van der Waals surface area contributed by atoms with Crippen LogP contribution >= 0.6 is 0 Å². The lowest BCUT2D eigenvalue weighted by atomic mass is 9.68. The summed E-state index contributed by atoms with van der Waals surface area (Å²) in [7, 11) is 0. The maximum Gasteiger partial charge on any atom is 0.224 e. The number of aliphatic hydroxyl groups excluding tert-OH is 2. The lowest BCUT2D eigenvalue weighted by molar-refractivity contribution is 0.00924. The molecule has 4 fully saturated rings. The van der Waals surface area contributed by atoms with Gasteiger partial charge in [0, 0.05) is 93.0 Å². The molecular weight excluding hydrogens is 1480 g/mol. The van der Waals surface area contributed by atoms with Gasteiger partial charge in [-0.05, 0) is 178 Å². The van der Waals surface area contributed by atoms with Gasteiger partial charge in [-0.1, -0.05) is 124 Å². The number of imidazole rings is 1. The first-order valence-corrected chi connectivity index (χ1v) is 41.5. The molecule has 8 aromatic heterocycles. The second-order valence-corrected chi connectivity index (χ2v) is 34.8. The van der Waals surface area contributed by atoms with Gasteiger partial charge in [-0.25, -0.2) is 29.9 Å². The van der Waals surface area contributed by atoms with Crippen LogP contribution in [0, 0.1) is 94.7 Å². The Morgan fingerprint density at radius 1 is 0.492 bits per heavy atom. The summed E-state index contributed by atoms with van der Waals surface area (Å²) >= 11 is 0. The summed E-state index contributed by atoms with van der Waals surface area (Å²) in [5.41, 5.74) is 9.92. The van der Waals surface area contributed by atoms with Crippen molar-refractivity contribution in [1.29, 1.82) is 10.5 Å². The Kier molecular flexibility index (Phi) is 27.8. The number of benzene rings is 3. The molecule has 11 N–H and O–H groups in total. The third kappa shape index (κ3) is 22.0. The van der Waals surface area contributed by atoms with E-state index in [4.69, 9.17) is 17.3 Å². The summed E-state index contributed by atoms with van der Waals surface area (Å²) in [5, 5.41) is 74.4. The monoisotopic (exact) mass is 1600 g/mol. The number of fused-ring (bicyclic) bond motifs is 3. The number of aromatic nitrogens is 14. The van der Waals surface area contributed by atoms with E-state index in [0.717, 1.165) is 117 Å². The Morgan fingerprint density at radius 2 is 0.915 bits per heavy atom. The number of terminal acetylenes is 2. The van der Waals surface area contributed by atoms with Crippen LogP contribution in [0.25, 0.3) is 33.0 Å². The van der Waals surface area contributed by atoms with Crippen LogP contribution in [0.2, 0.25) is 0 Å². The molecule has 3 aromatic carbocycles. The highest BCUT2D eigenvalue weighted by Gasteiger charge is 2.39. The summed E-state index contributed by atoms with van der Waals surface area (Å²) in [6.45, 7) is 30.7. The largest absolute Gasteiger partial charge is 0.441 e. The van der Waals surface area contributed by atoms with Crippen molar-refractivity contribution in [3.05, 3.63) is 161 Å². The van der Waals surface area contributed by atoms with Crippen molar-refractivity contribution in [3.8, 4) is 36.8 Å². The van der Waals surface area contributed by atoms with E-state index in [1.54, 1.807) is 31.0 Å². The molecule has 8 heterocycles. The molecular formula is C91H124N24O3. The van der Waals surface area contributed by atoms with Crippen LogP contribution < -0.4 is 42.5 Å². The van der Waals surface area contributed by atoms with Gasteiger partial charge in [0.25, 0.3) is 0 Å². The average Bonchev–Trinajstić information content (AvgIpc) is 1.63. The summed E-state index contributed by atoms with van der Waals surface area (Å²) in [6.07, 6.45) is 34.2. The number of nitrogens with zero attached hydrogens (tertiary/aromatic N) is 15. The number of aromatic amines is 1. The third-order valence-electron chi connectivity index (χ3n) is 24.4. The van der Waals surface area contributed by atoms with Crippen molar-refractivity contribution >= 4 is 80.1 Å². The van der Waals surface area contributed by atoms with Gasteiger partial charge in [0.2, 0.25) is 23.8 Å². The van der Waals surface area contributed by atoms with Gasteiger partial charge >= 0.3 is 0 Å². The molecule has 27 heteroatoms. The smallest absolute Gasteiger partial charge is 0.224 e. The highest BCUT2D eigenvalue weighted by Crippen LogP contribution is 2.44. The molecule has 0 amide bonds. The Labute approximate surface area is 699 Å². The molecule has 0 radical (unpaired) electrons. The Hall–Kier alpha value is -11.9. The summed E-state index contributed by atoms with van der Waals surface area (Å²) < 4.78 is 10.2. The quantitative estimate of drug-likeness (QED) is 0.0250. The number of aryl methyl sites for hydroxylation is 2. The van der Waals surface area contributed by atoms with Crippen molar-refractivity contribution in [2.24, 2.45) is 33.5 Å². The van der Waals surface area contributed by atoms with Crippen LogP contribution in [0.5, 0.6) is 0 Å². The predicted octanol–water partition coefficient (Wildman–Crippen LogP) is 16.9. The van der Waals surface area contributed by atoms with Gasteiger partial charge in [-0.3, -0.25) is 5.10 Å². The minimum absolute atomic E-state index is 0. The number of hydrogen-bond donors (Lipinski definition) is 11. The van der Waals surface area contributed by atoms with Crippen molar-refractivity contribution in [2.75, 3.05) is 68.7 Å². The lowest BCUT2D eigenvalue weighted by Crippen LogP contribution is -2.41. The number of nitrogens with one attached hydrogen (secondary N) is 9. The molecule has 0 unspecified atom stereocenters. The molecule has 0 bridgehead atoms. The van der Waals surface area contributed by atoms with Gasteiger partial charge in [0.1, 0.15) is 57.9 Å². The van der Waals surface area contributed by atoms with E-state index in [9.17, 15) is 20.7 Å². The first-order chi connectivity index (χ1) is 56.7. The van der Waals surface area contributed by atoms with E-state index < -0.39 is 0 Å². The zero-order chi connectivity index (χ0) is 83.7. The van der Waals surface area contributed by atoms with Crippen molar-refractivity contribution in [3.63, 3.8) is 0 Å². The number of nitriles is 2. The fourth-order valence-corrected chi connectivity index (χ4v) is 16.5. The van der Waals surface area contributed by atoms with Crippen LogP contribution in [0.3, 0.4) is 0 Å². The van der Waals surface area contributed by atoms with Gasteiger partial charge in [-0.2, -0.15) is 35.6 Å². The summed E-state index contributed by atoms with van der Waals surface area (Å²) in [4.78, 5) is 44.8. The first-order valence-electron chi connectivity index (χ1n) is 41.5. The van der Waals surface area contributed by atoms with E-state index in [2.05, 4.69) is 248 Å². The van der Waals surface area contributed by atoms with Crippen molar-refractivity contribution in [2.45, 2.75) is 222 Å². The van der Waals surface area contributed by atoms with Crippen molar-refractivity contribution < 1.29 is 20.3 Å². The van der Waals surface area contributed by atoms with E-state index in [1.807, 2.05) is 55.6 Å². The zero-order valence-corrected chi connectivity index (χ0v) is 70.4. The number of rotatable bonds is 24. The molecule has 11 aromatic rings. The maximum atomic E-state index is 10.2. The Morgan fingerprint density at radius 3 is 1.38 bits per heavy atom. The van der Waals surface area contributed by atoms with E-state index in [1.165, 1.54) is 29.4 Å². The molecule has 15 rings (SSSR count). The molecule has 4 aliphatic rings. The number of H-pyrrole nitrogens is 1. The minimum atomic E-state index is -0.275. The van der Waals surface area contributed by atoms with E-state index in [-0.39, 0.29) is 46.2 Å². The Balaban J connectivity index is 0.000000200. The minimum Gasteiger partial charge on any atom is -0.441 e. The van der Waals surface area contributed by atoms with E-state index in [0.29, 0.717) is 137 Å². The number of hydrogen-bond acceptors (Lipinski definition) is 24. The van der Waals surface area contributed by atoms with Gasteiger partial charge in [0.05, 0.1) is 65.4 Å². The first kappa shape index (κ1) is 85.5. The number of anilines is 8. The SMILES string of the molecule is C#Cc1cnc(NCCn2c(C)cc3ccccc32)nc1N[C@@H]1CC[C@H](O)C(C)(C)C1.C#Cc1cnc(NCCn2c(C)nc3ccccc32)nc1N[C@@H]1CC[C@H](O)C(C)(C)C1.C[C@H]1CC[C@@H](Nc2nc(NCCc3cn[nH]c3)ncc2C#N)CC1(C)C.C[C@H]1CC[C@@H](Nc2nc(NCCc3nc4ccccc4o3)ncc2C#N)CC1(C)C.[HH].[HH].[HH].[HH]. The fraction of sp³-hybridized carbons (Fsp3) is 0.484. The number of aliphatic hydroxyl groups is 2. The zero-order valence-electron chi connectivity index (χ0n) is 70.4. The summed E-state index contributed by atoms with van der Waals surface area (Å²) in [5.74, 6) is 13.1. The molecule has 626 valence electrons. The predicted molar refractivity (Wildman–Crippen MR) is 478 cm³/mol. The third-order valence-corrected chi connectivity index (χ3v) is 24.4. The van der Waals surface area contributed by atoms with Crippen molar-refractivity contribution in [1.82, 2.24) is 69.2 Å². The molecule has 0 saturated heterocycles. The van der Waals surface area contributed by atoms with E-state index >= 15 is 0 Å². The lowest BCUT2D eigenvalue weighted by Gasteiger charge is -2.41.